The summed E-state index contributed by atoms with van der Waals surface area (Å²) in [5.41, 5.74) is 19.7. The van der Waals surface area contributed by atoms with Crippen molar-refractivity contribution in [2.45, 2.75) is 57.8 Å². The molecule has 58 heavy (non-hydrogen) atoms. The van der Waals surface area contributed by atoms with Crippen molar-refractivity contribution in [2.75, 3.05) is 9.80 Å². The van der Waals surface area contributed by atoms with E-state index >= 15 is 0 Å². The van der Waals surface area contributed by atoms with Gasteiger partial charge in [-0.05, 0) is 116 Å². The number of ether oxygens (including phenoxy) is 1. The van der Waals surface area contributed by atoms with E-state index in [-0.39, 0.29) is 16.2 Å². The molecule has 2 heterocycles. The number of anilines is 6. The van der Waals surface area contributed by atoms with Crippen LogP contribution in [0.25, 0.3) is 33.0 Å². The third-order valence-electron chi connectivity index (χ3n) is 14.0. The fourth-order valence-electron chi connectivity index (χ4n) is 11.0. The Morgan fingerprint density at radius 3 is 1.55 bits per heavy atom. The van der Waals surface area contributed by atoms with Crippen molar-refractivity contribution in [3.05, 3.63) is 191 Å². The summed E-state index contributed by atoms with van der Waals surface area (Å²) >= 11 is 0. The lowest BCUT2D eigenvalue weighted by molar-refractivity contribution is 0.472. The number of benzene rings is 8. The van der Waals surface area contributed by atoms with Crippen LogP contribution in [0.3, 0.4) is 0 Å². The van der Waals surface area contributed by atoms with Crippen LogP contribution in [-0.4, -0.2) is 0 Å². The maximum absolute atomic E-state index is 6.72. The second-order valence-corrected chi connectivity index (χ2v) is 18.2. The maximum Gasteiger partial charge on any atom is 0.152 e. The number of hydrogen-bond acceptors (Lipinski definition) is 3. The number of fused-ring (bicyclic) bond motifs is 12. The molecule has 0 saturated carbocycles. The zero-order valence-electron chi connectivity index (χ0n) is 33.8. The lowest BCUT2D eigenvalue weighted by Crippen LogP contribution is -2.32. The Kier molecular flexibility index (Phi) is 6.53. The maximum atomic E-state index is 6.72. The van der Waals surface area contributed by atoms with Gasteiger partial charge in [-0.15, -0.1) is 0 Å². The predicted octanol–water partition coefficient (Wildman–Crippen LogP) is 15.1. The van der Waals surface area contributed by atoms with E-state index in [4.69, 9.17) is 4.74 Å². The third kappa shape index (κ3) is 4.29. The van der Waals surface area contributed by atoms with Crippen LogP contribution in [0.1, 0.15) is 74.9 Å². The number of hydrogen-bond donors (Lipinski definition) is 0. The quantitative estimate of drug-likeness (QED) is 0.179. The van der Waals surface area contributed by atoms with Gasteiger partial charge in [0.25, 0.3) is 0 Å². The van der Waals surface area contributed by atoms with Crippen molar-refractivity contribution >= 4 is 44.9 Å². The highest BCUT2D eigenvalue weighted by Crippen LogP contribution is 2.62. The van der Waals surface area contributed by atoms with Gasteiger partial charge in [0.1, 0.15) is 0 Å². The van der Waals surface area contributed by atoms with Gasteiger partial charge in [0, 0.05) is 38.7 Å². The second kappa shape index (κ2) is 11.3. The van der Waals surface area contributed by atoms with Gasteiger partial charge in [-0.3, -0.25) is 0 Å². The van der Waals surface area contributed by atoms with E-state index < -0.39 is 0 Å². The molecule has 0 atom stereocenters. The third-order valence-corrected chi connectivity index (χ3v) is 14.0. The topological polar surface area (TPSA) is 15.7 Å². The minimum absolute atomic E-state index is 0.124. The van der Waals surface area contributed by atoms with Crippen molar-refractivity contribution < 1.29 is 4.74 Å². The fraction of sp³-hybridized carbons (Fsp3) is 0.164. The van der Waals surface area contributed by atoms with E-state index in [1.165, 1.54) is 72.1 Å². The molecule has 0 spiro atoms. The average Bonchev–Trinajstić information content (AvgIpc) is 3.61. The summed E-state index contributed by atoms with van der Waals surface area (Å²) in [6.45, 7) is 14.2. The van der Waals surface area contributed by atoms with Gasteiger partial charge in [0.15, 0.2) is 11.5 Å². The lowest BCUT2D eigenvalue weighted by Gasteiger charge is -2.45. The molecule has 280 valence electrons. The number of para-hydroxylation sites is 1. The Hall–Kier alpha value is -6.58. The first kappa shape index (κ1) is 33.5. The molecule has 8 aromatic carbocycles. The highest BCUT2D eigenvalue weighted by Gasteiger charge is 2.43. The van der Waals surface area contributed by atoms with Crippen molar-refractivity contribution in [1.82, 2.24) is 0 Å². The summed E-state index contributed by atoms with van der Waals surface area (Å²) in [6, 6.07) is 58.8. The molecular weight excluding hydrogens is 705 g/mol. The van der Waals surface area contributed by atoms with Crippen LogP contribution in [0, 0.1) is 0 Å². The van der Waals surface area contributed by atoms with Crippen LogP contribution in [-0.2, 0) is 16.2 Å². The molecule has 8 aromatic rings. The van der Waals surface area contributed by atoms with E-state index in [0.717, 1.165) is 39.9 Å². The molecule has 0 N–H and O–H groups in total. The minimum Gasteiger partial charge on any atom is -0.453 e. The summed E-state index contributed by atoms with van der Waals surface area (Å²) in [5, 5.41) is 2.38. The van der Waals surface area contributed by atoms with E-state index in [9.17, 15) is 0 Å². The van der Waals surface area contributed by atoms with Crippen LogP contribution in [0.2, 0.25) is 0 Å². The molecule has 0 saturated heterocycles. The largest absolute Gasteiger partial charge is 0.453 e. The van der Waals surface area contributed by atoms with Crippen molar-refractivity contribution in [1.29, 1.82) is 0 Å². The zero-order valence-corrected chi connectivity index (χ0v) is 33.8. The van der Waals surface area contributed by atoms with E-state index in [0.29, 0.717) is 0 Å². The van der Waals surface area contributed by atoms with Gasteiger partial charge < -0.3 is 14.5 Å². The summed E-state index contributed by atoms with van der Waals surface area (Å²) < 4.78 is 6.72. The van der Waals surface area contributed by atoms with Crippen molar-refractivity contribution in [3.8, 4) is 33.8 Å². The highest BCUT2D eigenvalue weighted by atomic mass is 16.5. The predicted molar refractivity (Wildman–Crippen MR) is 241 cm³/mol. The molecule has 0 aromatic heterocycles. The Morgan fingerprint density at radius 1 is 0.397 bits per heavy atom. The van der Waals surface area contributed by atoms with Crippen LogP contribution in [0.4, 0.5) is 34.1 Å². The minimum atomic E-state index is -0.312. The van der Waals surface area contributed by atoms with Gasteiger partial charge in [0.2, 0.25) is 0 Å². The molecule has 12 rings (SSSR count). The zero-order chi connectivity index (χ0) is 39.3. The molecule has 0 bridgehead atoms. The van der Waals surface area contributed by atoms with Crippen LogP contribution >= 0.6 is 0 Å². The molecular formula is C55H44N2O. The number of nitrogens with zero attached hydrogens (tertiary/aromatic N) is 2. The normalized spacial score (nSPS) is 16.3. The van der Waals surface area contributed by atoms with Crippen LogP contribution in [0.5, 0.6) is 11.5 Å². The first-order valence-electron chi connectivity index (χ1n) is 20.6. The standard InChI is InChI=1S/C55H44N2O/c1-53(2)42-18-11-9-16-38(42)40-26-23-34(30-45(40)53)56(35-24-27-41-39-17-10-12-19-43(39)54(3,4)46(41)31-35)36-25-28-48-47(32-36)55(5,6)44-20-13-21-49-52(44)57(48)51-37-15-8-7-14-33(37)22-29-50(51)58-49/h7-32H,1-6H3. The van der Waals surface area contributed by atoms with E-state index in [1.54, 1.807) is 0 Å². The summed E-state index contributed by atoms with van der Waals surface area (Å²) in [7, 11) is 0. The van der Waals surface area contributed by atoms with E-state index in [2.05, 4.69) is 209 Å². The van der Waals surface area contributed by atoms with E-state index in [1.807, 2.05) is 0 Å². The van der Waals surface area contributed by atoms with Crippen molar-refractivity contribution in [3.63, 3.8) is 0 Å². The Bertz CT molecular complexity index is 2990. The fourth-order valence-corrected chi connectivity index (χ4v) is 11.0. The number of rotatable bonds is 3. The van der Waals surface area contributed by atoms with Gasteiger partial charge in [-0.25, -0.2) is 0 Å². The molecule has 0 fully saturated rings. The first-order valence-corrected chi connectivity index (χ1v) is 20.6. The Labute approximate surface area is 340 Å². The Morgan fingerprint density at radius 2 is 0.897 bits per heavy atom. The molecule has 2 aliphatic carbocycles. The Balaban J connectivity index is 1.09. The smallest absolute Gasteiger partial charge is 0.152 e. The van der Waals surface area contributed by atoms with Gasteiger partial charge in [0.05, 0.1) is 17.1 Å². The average molecular weight is 749 g/mol. The van der Waals surface area contributed by atoms with Crippen LogP contribution in [0.15, 0.2) is 158 Å². The molecule has 0 radical (unpaired) electrons. The van der Waals surface area contributed by atoms with Gasteiger partial charge in [-0.1, -0.05) is 145 Å². The second-order valence-electron chi connectivity index (χ2n) is 18.2. The van der Waals surface area contributed by atoms with Crippen molar-refractivity contribution in [2.24, 2.45) is 0 Å². The molecule has 4 aliphatic rings. The van der Waals surface area contributed by atoms with Crippen LogP contribution < -0.4 is 14.5 Å². The monoisotopic (exact) mass is 748 g/mol. The lowest BCUT2D eigenvalue weighted by atomic mass is 9.73. The van der Waals surface area contributed by atoms with Gasteiger partial charge in [-0.2, -0.15) is 0 Å². The summed E-state index contributed by atoms with van der Waals surface area (Å²) in [4.78, 5) is 4.98. The molecule has 2 aliphatic heterocycles. The molecule has 0 unspecified atom stereocenters. The molecule has 3 nitrogen and oxygen atoms in total. The summed E-state index contributed by atoms with van der Waals surface area (Å²) in [6.07, 6.45) is 0. The SMILES string of the molecule is CC1(C)c2ccccc2-c2ccc(N(c3ccc4c(c3)C(C)(C)c3ccccc3-4)c3ccc4c(c3)C(C)(C)c3cccc5c3N4c3c(ccc4ccccc34)O5)cc21. The molecule has 0 amide bonds. The summed E-state index contributed by atoms with van der Waals surface area (Å²) in [5.74, 6) is 1.77. The first-order chi connectivity index (χ1) is 28.0. The highest BCUT2D eigenvalue weighted by molar-refractivity contribution is 6.06. The molecule has 3 heteroatoms. The van der Waals surface area contributed by atoms with Gasteiger partial charge >= 0.3 is 0 Å².